The Morgan fingerprint density at radius 1 is 0.333 bits per heavy atom. The number of hydrogen-bond donors (Lipinski definition) is 0. The van der Waals surface area contributed by atoms with E-state index in [0.717, 1.165) is 17.8 Å². The average molecular weight is 809 g/mol. The first kappa shape index (κ1) is 56.8. The summed E-state index contributed by atoms with van der Waals surface area (Å²) in [4.78, 5) is 4.66. The predicted molar refractivity (Wildman–Crippen MR) is 281 cm³/mol. The van der Waals surface area contributed by atoms with Crippen LogP contribution in [0, 0.1) is 0 Å². The van der Waals surface area contributed by atoms with Gasteiger partial charge in [-0.2, -0.15) is 0 Å². The maximum atomic E-state index is 2.42. The molecular weight excluding hydrogens is 725 g/mol. The normalized spacial score (nSPS) is 9.18. The van der Waals surface area contributed by atoms with E-state index in [1.54, 1.807) is 0 Å². The summed E-state index contributed by atoms with van der Waals surface area (Å²) in [5.41, 5.74) is 11.4. The fourth-order valence-electron chi connectivity index (χ4n) is 6.55. The Morgan fingerprint density at radius 3 is 1.27 bits per heavy atom. The van der Waals surface area contributed by atoms with E-state index in [2.05, 4.69) is 169 Å². The Morgan fingerprint density at radius 2 is 0.750 bits per heavy atom. The number of nitrogens with zero attached hydrogens (tertiary/aromatic N) is 2. The summed E-state index contributed by atoms with van der Waals surface area (Å²) < 4.78 is 0. The highest BCUT2D eigenvalue weighted by atomic mass is 15.1. The summed E-state index contributed by atoms with van der Waals surface area (Å²) in [5.74, 6) is 0. The van der Waals surface area contributed by atoms with Crippen LogP contribution >= 0.6 is 0 Å². The molecule has 0 fully saturated rings. The molecule has 1 aliphatic rings. The minimum Gasteiger partial charge on any atom is -0.345 e. The molecule has 7 aromatic rings. The number of rotatable bonds is 5. The van der Waals surface area contributed by atoms with Crippen molar-refractivity contribution in [3.63, 3.8) is 0 Å². The zero-order valence-corrected chi connectivity index (χ0v) is 41.5. The fraction of sp³-hybridized carbons (Fsp3) is 0.345. The van der Waals surface area contributed by atoms with Crippen LogP contribution < -0.4 is 9.80 Å². The second-order valence-corrected chi connectivity index (χ2v) is 11.1. The first-order valence-electron chi connectivity index (χ1n) is 23.6. The van der Waals surface area contributed by atoms with Gasteiger partial charge in [0.25, 0.3) is 0 Å². The monoisotopic (exact) mass is 809 g/mol. The molecule has 0 N–H and O–H groups in total. The first-order chi connectivity index (χ1) is 29.7. The van der Waals surface area contributed by atoms with Crippen molar-refractivity contribution in [3.05, 3.63) is 163 Å². The topological polar surface area (TPSA) is 6.48 Å². The molecule has 0 aromatic heterocycles. The van der Waals surface area contributed by atoms with E-state index in [1.165, 1.54) is 60.9 Å². The maximum absolute atomic E-state index is 2.42. The number of anilines is 5. The van der Waals surface area contributed by atoms with Gasteiger partial charge in [-0.05, 0) is 99.3 Å². The van der Waals surface area contributed by atoms with Crippen molar-refractivity contribution in [2.24, 2.45) is 0 Å². The quantitative estimate of drug-likeness (QED) is 0.160. The van der Waals surface area contributed by atoms with Crippen LogP contribution in [0.1, 0.15) is 136 Å². The van der Waals surface area contributed by atoms with Crippen molar-refractivity contribution in [3.8, 4) is 11.1 Å². The highest BCUT2D eigenvalue weighted by molar-refractivity contribution is 6.09. The summed E-state index contributed by atoms with van der Waals surface area (Å²) in [6.45, 7) is 36.0. The second kappa shape index (κ2) is 34.5. The van der Waals surface area contributed by atoms with E-state index in [0.29, 0.717) is 0 Å². The summed E-state index contributed by atoms with van der Waals surface area (Å²) in [7, 11) is 2.13. The Balaban J connectivity index is 0. The third kappa shape index (κ3) is 14.4. The molecule has 0 saturated carbocycles. The van der Waals surface area contributed by atoms with Crippen LogP contribution in [0.3, 0.4) is 0 Å². The lowest BCUT2D eigenvalue weighted by atomic mass is 9.99. The van der Waals surface area contributed by atoms with Crippen LogP contribution in [0.25, 0.3) is 32.7 Å². The van der Waals surface area contributed by atoms with Crippen LogP contribution in [0.5, 0.6) is 0 Å². The van der Waals surface area contributed by atoms with E-state index in [1.807, 2.05) is 125 Å². The molecule has 1 aliphatic carbocycles. The molecule has 0 heterocycles. The smallest absolute Gasteiger partial charge is 0.0543 e. The van der Waals surface area contributed by atoms with Gasteiger partial charge in [0.05, 0.1) is 5.69 Å². The molecule has 8 rings (SSSR count). The summed E-state index contributed by atoms with van der Waals surface area (Å²) in [6, 6.07) is 55.0. The number of benzene rings is 7. The van der Waals surface area contributed by atoms with Gasteiger partial charge in [-0.15, -0.1) is 0 Å². The molecule has 0 amide bonds. The van der Waals surface area contributed by atoms with Gasteiger partial charge in [0.1, 0.15) is 0 Å². The molecule has 0 aliphatic heterocycles. The minimum absolute atomic E-state index is 0.979. The van der Waals surface area contributed by atoms with Gasteiger partial charge in [0.2, 0.25) is 0 Å². The lowest BCUT2D eigenvalue weighted by Crippen LogP contribution is -2.11. The second-order valence-electron chi connectivity index (χ2n) is 11.1. The Kier molecular flexibility index (Phi) is 32.6. The third-order valence-corrected chi connectivity index (χ3v) is 8.64. The van der Waals surface area contributed by atoms with E-state index in [4.69, 9.17) is 0 Å². The number of para-hydroxylation sites is 2. The standard InChI is InChI=1S/C40H30N2.9C2H6/c1-41(32-13-4-2-5-14-32)34-21-23-36-29(26-34)19-20-30-27-35(22-24-37(30)36)42(33-15-6-3-7-16-33)39-18-10-12-31-25-28-11-8-9-17-38(28)40(31)39;9*1-2/h2-24,26-27H,25H2,1H3;9*1-2H3. The molecule has 326 valence electrons. The first-order valence-corrected chi connectivity index (χ1v) is 23.6. The Hall–Kier alpha value is -5.34. The molecule has 0 atom stereocenters. The van der Waals surface area contributed by atoms with Crippen LogP contribution in [-0.4, -0.2) is 7.05 Å². The SMILES string of the molecule is CC.CC.CC.CC.CC.CC.CC.CC.CC.CN(c1ccccc1)c1ccc2c(ccc3cc(N(c4ccccc4)c4cccc5c4-c4ccccc4C5)ccc32)c1. The van der Waals surface area contributed by atoms with E-state index in [9.17, 15) is 0 Å². The van der Waals surface area contributed by atoms with Crippen LogP contribution in [0.2, 0.25) is 0 Å². The Bertz CT molecular complexity index is 2080. The lowest BCUT2D eigenvalue weighted by molar-refractivity contribution is 1.21. The van der Waals surface area contributed by atoms with Gasteiger partial charge >= 0.3 is 0 Å². The number of hydrogen-bond acceptors (Lipinski definition) is 2. The average Bonchev–Trinajstić information content (AvgIpc) is 3.77. The zero-order valence-electron chi connectivity index (χ0n) is 41.5. The minimum atomic E-state index is 0.979. The van der Waals surface area contributed by atoms with Crippen molar-refractivity contribution in [2.45, 2.75) is 131 Å². The zero-order chi connectivity index (χ0) is 46.0. The van der Waals surface area contributed by atoms with Crippen LogP contribution in [0.15, 0.2) is 152 Å². The van der Waals surface area contributed by atoms with Gasteiger partial charge in [0, 0.05) is 35.4 Å². The van der Waals surface area contributed by atoms with Crippen LogP contribution in [-0.2, 0) is 6.42 Å². The molecule has 0 unspecified atom stereocenters. The highest BCUT2D eigenvalue weighted by Gasteiger charge is 2.25. The lowest BCUT2D eigenvalue weighted by Gasteiger charge is -2.28. The molecule has 2 heteroatoms. The van der Waals surface area contributed by atoms with Crippen molar-refractivity contribution < 1.29 is 0 Å². The van der Waals surface area contributed by atoms with Gasteiger partial charge in [-0.25, -0.2) is 0 Å². The summed E-state index contributed by atoms with van der Waals surface area (Å²) in [6.07, 6.45) is 0.979. The highest BCUT2D eigenvalue weighted by Crippen LogP contribution is 2.47. The molecule has 60 heavy (non-hydrogen) atoms. The summed E-state index contributed by atoms with van der Waals surface area (Å²) >= 11 is 0. The van der Waals surface area contributed by atoms with Crippen molar-refractivity contribution in [2.75, 3.05) is 16.8 Å². The molecule has 0 radical (unpaired) electrons. The molecule has 7 aromatic carbocycles. The Labute approximate surface area is 370 Å². The van der Waals surface area contributed by atoms with Crippen LogP contribution in [0.4, 0.5) is 28.4 Å². The molecule has 2 nitrogen and oxygen atoms in total. The third-order valence-electron chi connectivity index (χ3n) is 8.64. The van der Waals surface area contributed by atoms with Crippen molar-refractivity contribution >= 4 is 50.0 Å². The van der Waals surface area contributed by atoms with Gasteiger partial charge in [0.15, 0.2) is 0 Å². The largest absolute Gasteiger partial charge is 0.345 e. The molecule has 0 spiro atoms. The van der Waals surface area contributed by atoms with Gasteiger partial charge < -0.3 is 9.80 Å². The summed E-state index contributed by atoms with van der Waals surface area (Å²) in [5, 5.41) is 5.01. The molecule has 0 bridgehead atoms. The predicted octanol–water partition coefficient (Wildman–Crippen LogP) is 20.0. The van der Waals surface area contributed by atoms with E-state index in [-0.39, 0.29) is 0 Å². The maximum Gasteiger partial charge on any atom is 0.0543 e. The van der Waals surface area contributed by atoms with Crippen molar-refractivity contribution in [1.29, 1.82) is 0 Å². The van der Waals surface area contributed by atoms with E-state index < -0.39 is 0 Å². The fourth-order valence-corrected chi connectivity index (χ4v) is 6.55. The molecular formula is C58H84N2. The number of fused-ring (bicyclic) bond motifs is 6. The van der Waals surface area contributed by atoms with E-state index >= 15 is 0 Å². The van der Waals surface area contributed by atoms with Crippen molar-refractivity contribution in [1.82, 2.24) is 0 Å². The van der Waals surface area contributed by atoms with Gasteiger partial charge in [-0.3, -0.25) is 0 Å². The molecule has 0 saturated heterocycles. The van der Waals surface area contributed by atoms with Gasteiger partial charge in [-0.1, -0.05) is 222 Å².